The molecule has 0 heterocycles. The molecular weight excluding hydrogens is 360 g/mol. The highest BCUT2D eigenvalue weighted by Crippen LogP contribution is 2.25. The number of rotatable bonds is 7. The van der Waals surface area contributed by atoms with E-state index in [1.54, 1.807) is 12.1 Å². The molecule has 1 amide bonds. The van der Waals surface area contributed by atoms with E-state index in [2.05, 4.69) is 0 Å². The first-order chi connectivity index (χ1) is 13.0. The van der Waals surface area contributed by atoms with Crippen LogP contribution in [-0.4, -0.2) is 17.9 Å². The zero-order valence-corrected chi connectivity index (χ0v) is 15.8. The molecule has 0 radical (unpaired) electrons. The van der Waals surface area contributed by atoms with Gasteiger partial charge in [0.25, 0.3) is 0 Å². The Morgan fingerprint density at radius 1 is 1.00 bits per heavy atom. The number of benzene rings is 3. The third-order valence-electron chi connectivity index (χ3n) is 4.21. The fraction of sp³-hybridized carbons (Fsp3) is 0.136. The number of amides is 1. The Morgan fingerprint density at radius 2 is 1.70 bits per heavy atom. The lowest BCUT2D eigenvalue weighted by Gasteiger charge is -2.26. The molecule has 0 spiro atoms. The van der Waals surface area contributed by atoms with E-state index in [-0.39, 0.29) is 5.91 Å². The molecule has 0 aliphatic heterocycles. The summed E-state index contributed by atoms with van der Waals surface area (Å²) in [6, 6.07) is 24.1. The standard InChI is InChI=1S/C22H21ClN2O2/c1-25(21(22(24)26)17-6-3-2-4-7-17)15-16-10-12-19(13-11-16)27-20-9-5-8-18(23)14-20/h2-14,21H,15H2,1H3,(H2,24,26)/t21-/m1/s1. The normalized spacial score (nSPS) is 12.0. The summed E-state index contributed by atoms with van der Waals surface area (Å²) < 4.78 is 5.80. The Labute approximate surface area is 164 Å². The van der Waals surface area contributed by atoms with E-state index >= 15 is 0 Å². The summed E-state index contributed by atoms with van der Waals surface area (Å²) in [5.74, 6) is 1.04. The molecule has 0 unspecified atom stereocenters. The lowest BCUT2D eigenvalue weighted by molar-refractivity contribution is -0.123. The van der Waals surface area contributed by atoms with Gasteiger partial charge in [0.15, 0.2) is 0 Å². The van der Waals surface area contributed by atoms with E-state index in [1.807, 2.05) is 78.7 Å². The average Bonchev–Trinajstić information content (AvgIpc) is 2.64. The Bertz CT molecular complexity index is 898. The van der Waals surface area contributed by atoms with Crippen molar-refractivity contribution in [1.82, 2.24) is 4.90 Å². The van der Waals surface area contributed by atoms with Gasteiger partial charge in [-0.15, -0.1) is 0 Å². The van der Waals surface area contributed by atoms with E-state index in [1.165, 1.54) is 0 Å². The second kappa shape index (κ2) is 8.71. The molecule has 3 aromatic rings. The van der Waals surface area contributed by atoms with Gasteiger partial charge in [-0.1, -0.05) is 60.1 Å². The van der Waals surface area contributed by atoms with Crippen molar-refractivity contribution in [1.29, 1.82) is 0 Å². The molecule has 138 valence electrons. The van der Waals surface area contributed by atoms with Crippen LogP contribution in [-0.2, 0) is 11.3 Å². The smallest absolute Gasteiger partial charge is 0.239 e. The van der Waals surface area contributed by atoms with Crippen LogP contribution in [0.5, 0.6) is 11.5 Å². The van der Waals surface area contributed by atoms with E-state index in [0.717, 1.165) is 16.9 Å². The Hall–Kier alpha value is -2.82. The maximum Gasteiger partial charge on any atom is 0.239 e. The summed E-state index contributed by atoms with van der Waals surface area (Å²) in [6.45, 7) is 0.583. The lowest BCUT2D eigenvalue weighted by Crippen LogP contribution is -2.34. The van der Waals surface area contributed by atoms with E-state index < -0.39 is 6.04 Å². The summed E-state index contributed by atoms with van der Waals surface area (Å²) in [5, 5.41) is 0.629. The van der Waals surface area contributed by atoms with Crippen molar-refractivity contribution in [3.05, 3.63) is 95.0 Å². The molecular formula is C22H21ClN2O2. The summed E-state index contributed by atoms with van der Waals surface area (Å²) in [6.07, 6.45) is 0. The predicted molar refractivity (Wildman–Crippen MR) is 108 cm³/mol. The quantitative estimate of drug-likeness (QED) is 0.641. The van der Waals surface area contributed by atoms with Gasteiger partial charge in [0.05, 0.1) is 0 Å². The summed E-state index contributed by atoms with van der Waals surface area (Å²) in [4.78, 5) is 13.9. The van der Waals surface area contributed by atoms with Crippen molar-refractivity contribution < 1.29 is 9.53 Å². The van der Waals surface area contributed by atoms with Gasteiger partial charge >= 0.3 is 0 Å². The number of carbonyl (C=O) groups is 1. The molecule has 5 heteroatoms. The molecule has 0 fully saturated rings. The molecule has 0 bridgehead atoms. The number of primary amides is 1. The van der Waals surface area contributed by atoms with Crippen LogP contribution in [0.2, 0.25) is 5.02 Å². The summed E-state index contributed by atoms with van der Waals surface area (Å²) in [7, 11) is 1.89. The molecule has 0 saturated carbocycles. The molecule has 2 N–H and O–H groups in total. The van der Waals surface area contributed by atoms with Gasteiger partial charge in [0.2, 0.25) is 5.91 Å². The monoisotopic (exact) mass is 380 g/mol. The minimum absolute atomic E-state index is 0.371. The van der Waals surface area contributed by atoms with Crippen LogP contribution in [0.25, 0.3) is 0 Å². The van der Waals surface area contributed by atoms with Crippen molar-refractivity contribution in [2.75, 3.05) is 7.05 Å². The fourth-order valence-corrected chi connectivity index (χ4v) is 3.16. The van der Waals surface area contributed by atoms with E-state index in [9.17, 15) is 4.79 Å². The highest BCUT2D eigenvalue weighted by Gasteiger charge is 2.22. The first kappa shape index (κ1) is 19.0. The summed E-state index contributed by atoms with van der Waals surface area (Å²) >= 11 is 5.98. The Kier molecular flexibility index (Phi) is 6.12. The Balaban J connectivity index is 1.69. The highest BCUT2D eigenvalue weighted by molar-refractivity contribution is 6.30. The average molecular weight is 381 g/mol. The minimum atomic E-state index is -0.478. The van der Waals surface area contributed by atoms with Crippen LogP contribution in [0.1, 0.15) is 17.2 Å². The van der Waals surface area contributed by atoms with Crippen molar-refractivity contribution in [2.45, 2.75) is 12.6 Å². The van der Waals surface area contributed by atoms with Gasteiger partial charge in [-0.2, -0.15) is 0 Å². The van der Waals surface area contributed by atoms with Crippen LogP contribution < -0.4 is 10.5 Å². The maximum atomic E-state index is 12.0. The molecule has 0 saturated heterocycles. The molecule has 0 aliphatic carbocycles. The van der Waals surface area contributed by atoms with Gasteiger partial charge in [-0.25, -0.2) is 0 Å². The third-order valence-corrected chi connectivity index (χ3v) is 4.45. The van der Waals surface area contributed by atoms with Crippen molar-refractivity contribution >= 4 is 17.5 Å². The largest absolute Gasteiger partial charge is 0.457 e. The van der Waals surface area contributed by atoms with Crippen LogP contribution >= 0.6 is 11.6 Å². The van der Waals surface area contributed by atoms with Crippen molar-refractivity contribution in [2.24, 2.45) is 5.73 Å². The van der Waals surface area contributed by atoms with Crippen LogP contribution in [0.3, 0.4) is 0 Å². The third kappa shape index (κ3) is 5.09. The topological polar surface area (TPSA) is 55.6 Å². The number of carbonyl (C=O) groups excluding carboxylic acids is 1. The van der Waals surface area contributed by atoms with E-state index in [0.29, 0.717) is 17.3 Å². The van der Waals surface area contributed by atoms with Crippen LogP contribution in [0, 0.1) is 0 Å². The van der Waals surface area contributed by atoms with Gasteiger partial charge in [-0.3, -0.25) is 9.69 Å². The second-order valence-corrected chi connectivity index (χ2v) is 6.77. The number of hydrogen-bond donors (Lipinski definition) is 1. The van der Waals surface area contributed by atoms with Crippen molar-refractivity contribution in [3.63, 3.8) is 0 Å². The van der Waals surface area contributed by atoms with Gasteiger partial charge in [0.1, 0.15) is 17.5 Å². The molecule has 1 atom stereocenters. The lowest BCUT2D eigenvalue weighted by atomic mass is 10.0. The number of likely N-dealkylation sites (N-methyl/N-ethyl adjacent to an activating group) is 1. The van der Waals surface area contributed by atoms with Crippen molar-refractivity contribution in [3.8, 4) is 11.5 Å². The molecule has 4 nitrogen and oxygen atoms in total. The zero-order valence-electron chi connectivity index (χ0n) is 15.0. The molecule has 27 heavy (non-hydrogen) atoms. The minimum Gasteiger partial charge on any atom is -0.457 e. The van der Waals surface area contributed by atoms with Crippen LogP contribution in [0.15, 0.2) is 78.9 Å². The van der Waals surface area contributed by atoms with E-state index in [4.69, 9.17) is 22.1 Å². The number of halogens is 1. The predicted octanol–water partition coefficient (Wildman–Crippen LogP) is 4.79. The molecule has 0 aliphatic rings. The summed E-state index contributed by atoms with van der Waals surface area (Å²) in [5.41, 5.74) is 7.57. The SMILES string of the molecule is CN(Cc1ccc(Oc2cccc(Cl)c2)cc1)[C@@H](C(N)=O)c1ccccc1. The molecule has 3 rings (SSSR count). The highest BCUT2D eigenvalue weighted by atomic mass is 35.5. The maximum absolute atomic E-state index is 12.0. The number of hydrogen-bond acceptors (Lipinski definition) is 3. The fourth-order valence-electron chi connectivity index (χ4n) is 2.98. The molecule has 3 aromatic carbocycles. The first-order valence-corrected chi connectivity index (χ1v) is 8.97. The zero-order chi connectivity index (χ0) is 19.2. The first-order valence-electron chi connectivity index (χ1n) is 8.60. The van der Waals surface area contributed by atoms with Gasteiger partial charge in [-0.05, 0) is 48.5 Å². The number of ether oxygens (including phenoxy) is 1. The van der Waals surface area contributed by atoms with Gasteiger partial charge < -0.3 is 10.5 Å². The number of nitrogens with zero attached hydrogens (tertiary/aromatic N) is 1. The molecule has 0 aromatic heterocycles. The van der Waals surface area contributed by atoms with Gasteiger partial charge in [0, 0.05) is 11.6 Å². The number of nitrogens with two attached hydrogens (primary N) is 1. The Morgan fingerprint density at radius 3 is 2.33 bits per heavy atom. The van der Waals surface area contributed by atoms with Crippen LogP contribution in [0.4, 0.5) is 0 Å². The second-order valence-electron chi connectivity index (χ2n) is 6.33.